The second kappa shape index (κ2) is 6.73. The molecule has 0 radical (unpaired) electrons. The third kappa shape index (κ3) is 3.73. The minimum absolute atomic E-state index is 0.152. The van der Waals surface area contributed by atoms with E-state index in [0.717, 1.165) is 11.3 Å². The molecule has 0 bridgehead atoms. The number of rotatable bonds is 4. The molecule has 2 rings (SSSR count). The maximum absolute atomic E-state index is 9.85. The van der Waals surface area contributed by atoms with Gasteiger partial charge in [-0.1, -0.05) is 45.9 Å². The van der Waals surface area contributed by atoms with Crippen molar-refractivity contribution in [1.29, 1.82) is 0 Å². The van der Waals surface area contributed by atoms with Crippen molar-refractivity contribution in [1.82, 2.24) is 0 Å². The van der Waals surface area contributed by atoms with E-state index in [-0.39, 0.29) is 5.75 Å². The lowest BCUT2D eigenvalue weighted by atomic mass is 9.94. The van der Waals surface area contributed by atoms with Gasteiger partial charge in [-0.2, -0.15) is 5.11 Å². The largest absolute Gasteiger partial charge is 0.506 e. The first-order chi connectivity index (χ1) is 10.4. The van der Waals surface area contributed by atoms with Crippen molar-refractivity contribution in [2.75, 3.05) is 0 Å². The van der Waals surface area contributed by atoms with Crippen molar-refractivity contribution in [3.05, 3.63) is 53.1 Å². The van der Waals surface area contributed by atoms with Crippen LogP contribution in [0.4, 0.5) is 11.4 Å². The maximum Gasteiger partial charge on any atom is 0.143 e. The van der Waals surface area contributed by atoms with Crippen LogP contribution in [0.15, 0.2) is 46.6 Å². The minimum Gasteiger partial charge on any atom is -0.506 e. The second-order valence-electron chi connectivity index (χ2n) is 6.32. The minimum atomic E-state index is 0.152. The number of azo groups is 1. The average molecular weight is 296 g/mol. The summed E-state index contributed by atoms with van der Waals surface area (Å²) in [5.41, 5.74) is 4.90. The first-order valence-corrected chi connectivity index (χ1v) is 7.73. The Bertz CT molecular complexity index is 688. The molecule has 2 aromatic carbocycles. The number of aromatic hydroxyl groups is 1. The summed E-state index contributed by atoms with van der Waals surface area (Å²) in [5.74, 6) is 1.02. The fraction of sp³-hybridized carbons (Fsp3) is 0.368. The molecule has 0 aliphatic rings. The number of aryl methyl sites for hydroxylation is 1. The van der Waals surface area contributed by atoms with Crippen molar-refractivity contribution in [3.8, 4) is 5.75 Å². The Morgan fingerprint density at radius 2 is 1.50 bits per heavy atom. The van der Waals surface area contributed by atoms with E-state index in [1.807, 2.05) is 25.1 Å². The molecule has 0 heterocycles. The van der Waals surface area contributed by atoms with Gasteiger partial charge in [-0.25, -0.2) is 0 Å². The number of phenolic OH excluding ortho intramolecular Hbond substituents is 1. The summed E-state index contributed by atoms with van der Waals surface area (Å²) in [7, 11) is 0. The molecular weight excluding hydrogens is 272 g/mol. The van der Waals surface area contributed by atoms with Gasteiger partial charge in [0.2, 0.25) is 0 Å². The van der Waals surface area contributed by atoms with Crippen LogP contribution < -0.4 is 0 Å². The molecule has 3 nitrogen and oxygen atoms in total. The predicted molar refractivity (Wildman–Crippen MR) is 91.6 cm³/mol. The van der Waals surface area contributed by atoms with Crippen LogP contribution in [0, 0.1) is 6.92 Å². The zero-order valence-corrected chi connectivity index (χ0v) is 14.0. The van der Waals surface area contributed by atoms with Crippen molar-refractivity contribution in [3.63, 3.8) is 0 Å². The predicted octanol–water partition coefficient (Wildman–Crippen LogP) is 6.36. The SMILES string of the molecule is Cc1ccc(O)c(N=Nc2ccc(C(C)C)cc2C(C)C)c1. The van der Waals surface area contributed by atoms with Crippen LogP contribution in [0.1, 0.15) is 56.2 Å². The van der Waals surface area contributed by atoms with Gasteiger partial charge in [-0.3, -0.25) is 0 Å². The maximum atomic E-state index is 9.85. The standard InChI is InChI=1S/C19H24N2O/c1-12(2)15-7-8-17(16(11-15)13(3)4)20-21-18-10-14(5)6-9-19(18)22/h6-13,22H,1-5H3. The Morgan fingerprint density at radius 1 is 0.818 bits per heavy atom. The highest BCUT2D eigenvalue weighted by atomic mass is 16.3. The summed E-state index contributed by atoms with van der Waals surface area (Å²) in [6, 6.07) is 11.7. The fourth-order valence-corrected chi connectivity index (χ4v) is 2.31. The van der Waals surface area contributed by atoms with Crippen LogP contribution in [0.2, 0.25) is 0 Å². The third-order valence-corrected chi connectivity index (χ3v) is 3.74. The van der Waals surface area contributed by atoms with Gasteiger partial charge in [0.1, 0.15) is 11.4 Å². The van der Waals surface area contributed by atoms with Gasteiger partial charge >= 0.3 is 0 Å². The summed E-state index contributed by atoms with van der Waals surface area (Å²) in [5, 5.41) is 18.4. The molecule has 0 spiro atoms. The molecular formula is C19H24N2O. The molecule has 0 amide bonds. The molecule has 0 aromatic heterocycles. The Balaban J connectivity index is 2.40. The van der Waals surface area contributed by atoms with Gasteiger partial charge in [0.25, 0.3) is 0 Å². The Morgan fingerprint density at radius 3 is 2.14 bits per heavy atom. The Kier molecular flexibility index (Phi) is 4.96. The van der Waals surface area contributed by atoms with Crippen molar-refractivity contribution >= 4 is 11.4 Å². The van der Waals surface area contributed by atoms with Crippen LogP contribution in [-0.2, 0) is 0 Å². The third-order valence-electron chi connectivity index (χ3n) is 3.74. The van der Waals surface area contributed by atoms with Crippen LogP contribution >= 0.6 is 0 Å². The van der Waals surface area contributed by atoms with E-state index in [1.165, 1.54) is 11.1 Å². The van der Waals surface area contributed by atoms with Gasteiger partial charge in [-0.05, 0) is 53.6 Å². The topological polar surface area (TPSA) is 45.0 Å². The van der Waals surface area contributed by atoms with Crippen LogP contribution in [0.25, 0.3) is 0 Å². The van der Waals surface area contributed by atoms with Crippen LogP contribution in [0.5, 0.6) is 5.75 Å². The smallest absolute Gasteiger partial charge is 0.143 e. The monoisotopic (exact) mass is 296 g/mol. The summed E-state index contributed by atoms with van der Waals surface area (Å²) >= 11 is 0. The summed E-state index contributed by atoms with van der Waals surface area (Å²) in [4.78, 5) is 0. The number of hydrogen-bond donors (Lipinski definition) is 1. The quantitative estimate of drug-likeness (QED) is 0.655. The summed E-state index contributed by atoms with van der Waals surface area (Å²) in [6.45, 7) is 10.7. The Labute approximate surface area is 132 Å². The molecule has 0 atom stereocenters. The Hall–Kier alpha value is -2.16. The van der Waals surface area contributed by atoms with Gasteiger partial charge in [0.15, 0.2) is 0 Å². The molecule has 3 heteroatoms. The molecule has 116 valence electrons. The highest BCUT2D eigenvalue weighted by Gasteiger charge is 2.10. The number of benzene rings is 2. The van der Waals surface area contributed by atoms with Crippen molar-refractivity contribution in [2.45, 2.75) is 46.5 Å². The van der Waals surface area contributed by atoms with Gasteiger partial charge < -0.3 is 5.11 Å². The molecule has 0 aliphatic heterocycles. The highest BCUT2D eigenvalue weighted by Crippen LogP contribution is 2.33. The molecule has 2 aromatic rings. The first kappa shape index (κ1) is 16.2. The molecule has 1 N–H and O–H groups in total. The van der Waals surface area contributed by atoms with Crippen LogP contribution in [-0.4, -0.2) is 5.11 Å². The van der Waals surface area contributed by atoms with Crippen LogP contribution in [0.3, 0.4) is 0 Å². The van der Waals surface area contributed by atoms with E-state index < -0.39 is 0 Å². The molecule has 0 fully saturated rings. The van der Waals surface area contributed by atoms with E-state index in [9.17, 15) is 5.11 Å². The van der Waals surface area contributed by atoms with Gasteiger partial charge in [0.05, 0.1) is 5.69 Å². The number of hydrogen-bond acceptors (Lipinski definition) is 3. The molecule has 0 saturated carbocycles. The zero-order valence-electron chi connectivity index (χ0n) is 14.0. The zero-order chi connectivity index (χ0) is 16.3. The van der Waals surface area contributed by atoms with Gasteiger partial charge in [0, 0.05) is 0 Å². The van der Waals surface area contributed by atoms with E-state index in [0.29, 0.717) is 17.5 Å². The highest BCUT2D eigenvalue weighted by molar-refractivity contribution is 5.54. The summed E-state index contributed by atoms with van der Waals surface area (Å²) < 4.78 is 0. The van der Waals surface area contributed by atoms with E-state index in [4.69, 9.17) is 0 Å². The molecule has 22 heavy (non-hydrogen) atoms. The number of nitrogens with zero attached hydrogens (tertiary/aromatic N) is 2. The summed E-state index contributed by atoms with van der Waals surface area (Å²) in [6.07, 6.45) is 0. The second-order valence-corrected chi connectivity index (χ2v) is 6.32. The molecule has 0 aliphatic carbocycles. The molecule has 0 unspecified atom stereocenters. The number of phenols is 1. The lowest BCUT2D eigenvalue weighted by Crippen LogP contribution is -1.93. The normalized spacial score (nSPS) is 11.8. The first-order valence-electron chi connectivity index (χ1n) is 7.73. The van der Waals surface area contributed by atoms with Gasteiger partial charge in [-0.15, -0.1) is 5.11 Å². The van der Waals surface area contributed by atoms with E-state index in [2.05, 4.69) is 50.1 Å². The van der Waals surface area contributed by atoms with Crippen molar-refractivity contribution < 1.29 is 5.11 Å². The van der Waals surface area contributed by atoms with Crippen molar-refractivity contribution in [2.24, 2.45) is 10.2 Å². The van der Waals surface area contributed by atoms with E-state index in [1.54, 1.807) is 6.07 Å². The fourth-order valence-electron chi connectivity index (χ4n) is 2.31. The average Bonchev–Trinajstić information content (AvgIpc) is 2.47. The molecule has 0 saturated heterocycles. The lowest BCUT2D eigenvalue weighted by molar-refractivity contribution is 0.476. The lowest BCUT2D eigenvalue weighted by Gasteiger charge is -2.13. The van der Waals surface area contributed by atoms with E-state index >= 15 is 0 Å².